The number of aryl methyl sites for hydroxylation is 1. The number of halogens is 1. The third-order valence-electron chi connectivity index (χ3n) is 2.26. The fourth-order valence-electron chi connectivity index (χ4n) is 1.46. The van der Waals surface area contributed by atoms with Gasteiger partial charge in [0.05, 0.1) is 10.7 Å². The van der Waals surface area contributed by atoms with Gasteiger partial charge in [0.2, 0.25) is 5.78 Å². The highest BCUT2D eigenvalue weighted by atomic mass is 79.9. The lowest BCUT2D eigenvalue weighted by Crippen LogP contribution is -2.25. The predicted molar refractivity (Wildman–Crippen MR) is 60.9 cm³/mol. The lowest BCUT2D eigenvalue weighted by atomic mass is 10.1. The summed E-state index contributed by atoms with van der Waals surface area (Å²) in [5.74, 6) is -0.0220. The average molecular weight is 275 g/mol. The first kappa shape index (κ1) is 12.4. The van der Waals surface area contributed by atoms with Gasteiger partial charge in [-0.1, -0.05) is 13.3 Å². The molecule has 0 N–H and O–H groups in total. The molecule has 0 radical (unpaired) electrons. The molecule has 1 heterocycles. The largest absolute Gasteiger partial charge is 0.373 e. The Morgan fingerprint density at radius 1 is 1.73 bits per heavy atom. The average Bonchev–Trinajstić information content (AvgIpc) is 2.54. The van der Waals surface area contributed by atoms with Crippen LogP contribution in [0, 0.1) is 0 Å². The van der Waals surface area contributed by atoms with Crippen molar-refractivity contribution in [2.24, 2.45) is 7.05 Å². The van der Waals surface area contributed by atoms with Crippen LogP contribution in [0.15, 0.2) is 10.7 Å². The minimum absolute atomic E-state index is 0.0220. The molecular weight excluding hydrogens is 260 g/mol. The van der Waals surface area contributed by atoms with Crippen molar-refractivity contribution in [2.45, 2.75) is 25.9 Å². The number of hydrogen-bond donors (Lipinski definition) is 0. The minimum Gasteiger partial charge on any atom is -0.373 e. The van der Waals surface area contributed by atoms with Gasteiger partial charge in [-0.3, -0.25) is 9.48 Å². The van der Waals surface area contributed by atoms with Gasteiger partial charge in [0, 0.05) is 14.2 Å². The third kappa shape index (κ3) is 2.66. The molecule has 0 aromatic carbocycles. The van der Waals surface area contributed by atoms with Gasteiger partial charge in [-0.05, 0) is 22.4 Å². The van der Waals surface area contributed by atoms with E-state index in [0.717, 1.165) is 12.8 Å². The van der Waals surface area contributed by atoms with E-state index in [1.165, 1.54) is 0 Å². The number of hydrogen-bond acceptors (Lipinski definition) is 3. The molecule has 0 aliphatic heterocycles. The maximum absolute atomic E-state index is 12.1. The molecule has 5 heteroatoms. The Bertz CT molecular complexity index is 330. The van der Waals surface area contributed by atoms with E-state index in [4.69, 9.17) is 4.74 Å². The summed E-state index contributed by atoms with van der Waals surface area (Å²) in [6.45, 7) is 2.03. The van der Waals surface area contributed by atoms with E-state index >= 15 is 0 Å². The van der Waals surface area contributed by atoms with Crippen LogP contribution in [-0.4, -0.2) is 28.8 Å². The molecule has 1 rings (SSSR count). The van der Waals surface area contributed by atoms with E-state index in [0.29, 0.717) is 10.2 Å². The van der Waals surface area contributed by atoms with Gasteiger partial charge in [-0.15, -0.1) is 0 Å². The van der Waals surface area contributed by atoms with Crippen LogP contribution >= 0.6 is 15.9 Å². The highest BCUT2D eigenvalue weighted by molar-refractivity contribution is 9.10. The molecule has 1 unspecified atom stereocenters. The van der Waals surface area contributed by atoms with Crippen LogP contribution in [0.3, 0.4) is 0 Å². The predicted octanol–water partition coefficient (Wildman–Crippen LogP) is 2.18. The molecule has 0 fully saturated rings. The molecule has 0 amide bonds. The number of ether oxygens (including phenoxy) is 1. The summed E-state index contributed by atoms with van der Waals surface area (Å²) >= 11 is 3.31. The fraction of sp³-hybridized carbons (Fsp3) is 0.600. The first-order valence-corrected chi connectivity index (χ1v) is 5.65. The first-order valence-electron chi connectivity index (χ1n) is 4.86. The van der Waals surface area contributed by atoms with Crippen molar-refractivity contribution >= 4 is 21.7 Å². The smallest absolute Gasteiger partial charge is 0.210 e. The van der Waals surface area contributed by atoms with Gasteiger partial charge in [-0.2, -0.15) is 5.10 Å². The van der Waals surface area contributed by atoms with Crippen molar-refractivity contribution in [3.8, 4) is 0 Å². The summed E-state index contributed by atoms with van der Waals surface area (Å²) in [6.07, 6.45) is 2.89. The Labute approximate surface area is 97.7 Å². The molecule has 0 saturated heterocycles. The second kappa shape index (κ2) is 5.42. The summed E-state index contributed by atoms with van der Waals surface area (Å²) < 4.78 is 7.45. The molecule has 15 heavy (non-hydrogen) atoms. The summed E-state index contributed by atoms with van der Waals surface area (Å²) in [6, 6.07) is 0. The van der Waals surface area contributed by atoms with Gasteiger partial charge >= 0.3 is 0 Å². The Kier molecular flexibility index (Phi) is 4.47. The highest BCUT2D eigenvalue weighted by Crippen LogP contribution is 2.19. The van der Waals surface area contributed by atoms with E-state index in [-0.39, 0.29) is 11.9 Å². The molecule has 84 valence electrons. The molecule has 1 aromatic rings. The molecule has 0 spiro atoms. The summed E-state index contributed by atoms with van der Waals surface area (Å²) in [5.41, 5.74) is 0.565. The van der Waals surface area contributed by atoms with Crippen LogP contribution in [0.25, 0.3) is 0 Å². The van der Waals surface area contributed by atoms with E-state index in [1.807, 2.05) is 6.92 Å². The van der Waals surface area contributed by atoms with Crippen LogP contribution in [0.5, 0.6) is 0 Å². The van der Waals surface area contributed by atoms with Gasteiger partial charge in [0.1, 0.15) is 11.8 Å². The van der Waals surface area contributed by atoms with E-state index < -0.39 is 0 Å². The van der Waals surface area contributed by atoms with Crippen LogP contribution in [0.2, 0.25) is 0 Å². The summed E-state index contributed by atoms with van der Waals surface area (Å²) in [4.78, 5) is 12.1. The molecule has 1 aromatic heterocycles. The van der Waals surface area contributed by atoms with Crippen molar-refractivity contribution in [3.63, 3.8) is 0 Å². The quantitative estimate of drug-likeness (QED) is 0.774. The molecule has 0 saturated carbocycles. The van der Waals surface area contributed by atoms with Crippen molar-refractivity contribution in [2.75, 3.05) is 7.11 Å². The van der Waals surface area contributed by atoms with Gasteiger partial charge in [0.15, 0.2) is 0 Å². The van der Waals surface area contributed by atoms with Crippen molar-refractivity contribution in [1.82, 2.24) is 9.78 Å². The number of nitrogens with zero attached hydrogens (tertiary/aromatic N) is 2. The molecular formula is C10H15BrN2O2. The van der Waals surface area contributed by atoms with Crippen LogP contribution in [0.4, 0.5) is 0 Å². The molecule has 0 bridgehead atoms. The molecule has 4 nitrogen and oxygen atoms in total. The standard InChI is InChI=1S/C10H15BrN2O2/c1-4-5-8(15-3)10(14)9-7(11)6-12-13(9)2/h6,8H,4-5H2,1-3H3. The Balaban J connectivity index is 2.92. The third-order valence-corrected chi connectivity index (χ3v) is 2.84. The van der Waals surface area contributed by atoms with Crippen LogP contribution in [0.1, 0.15) is 30.3 Å². The number of methoxy groups -OCH3 is 1. The zero-order chi connectivity index (χ0) is 11.4. The summed E-state index contributed by atoms with van der Waals surface area (Å²) in [7, 11) is 3.30. The lowest BCUT2D eigenvalue weighted by Gasteiger charge is -2.13. The molecule has 0 aliphatic carbocycles. The van der Waals surface area contributed by atoms with Gasteiger partial charge in [-0.25, -0.2) is 0 Å². The fourth-order valence-corrected chi connectivity index (χ4v) is 2.00. The number of ketones is 1. The highest BCUT2D eigenvalue weighted by Gasteiger charge is 2.23. The lowest BCUT2D eigenvalue weighted by molar-refractivity contribution is 0.0568. The number of rotatable bonds is 5. The van der Waals surface area contributed by atoms with Crippen molar-refractivity contribution < 1.29 is 9.53 Å². The normalized spacial score (nSPS) is 12.8. The van der Waals surface area contributed by atoms with Crippen LogP contribution in [-0.2, 0) is 11.8 Å². The summed E-state index contributed by atoms with van der Waals surface area (Å²) in [5, 5.41) is 4.01. The number of aromatic nitrogens is 2. The monoisotopic (exact) mass is 274 g/mol. The Morgan fingerprint density at radius 2 is 2.40 bits per heavy atom. The molecule has 0 aliphatic rings. The zero-order valence-corrected chi connectivity index (χ0v) is 10.7. The van der Waals surface area contributed by atoms with Gasteiger partial charge < -0.3 is 4.74 Å². The van der Waals surface area contributed by atoms with Crippen molar-refractivity contribution in [3.05, 3.63) is 16.4 Å². The van der Waals surface area contributed by atoms with E-state index in [9.17, 15) is 4.79 Å². The number of Topliss-reactive ketones (excluding diaryl/α,β-unsaturated/α-hetero) is 1. The maximum Gasteiger partial charge on any atom is 0.210 e. The van der Waals surface area contributed by atoms with E-state index in [2.05, 4.69) is 21.0 Å². The molecule has 1 atom stereocenters. The Morgan fingerprint density at radius 3 is 2.80 bits per heavy atom. The second-order valence-corrected chi connectivity index (χ2v) is 4.20. The van der Waals surface area contributed by atoms with E-state index in [1.54, 1.807) is 25.0 Å². The number of carbonyl (C=O) groups is 1. The SMILES string of the molecule is CCCC(OC)C(=O)c1c(Br)cnn1C. The minimum atomic E-state index is -0.373. The maximum atomic E-state index is 12.1. The number of carbonyl (C=O) groups excluding carboxylic acids is 1. The van der Waals surface area contributed by atoms with Crippen LogP contribution < -0.4 is 0 Å². The van der Waals surface area contributed by atoms with Gasteiger partial charge in [0.25, 0.3) is 0 Å². The first-order chi connectivity index (χ1) is 7.11. The Hall–Kier alpha value is -0.680. The second-order valence-electron chi connectivity index (χ2n) is 3.34. The zero-order valence-electron chi connectivity index (χ0n) is 9.16. The topological polar surface area (TPSA) is 44.1 Å². The van der Waals surface area contributed by atoms with Crippen molar-refractivity contribution in [1.29, 1.82) is 0 Å².